The molecule has 1 unspecified atom stereocenters. The van der Waals surface area contributed by atoms with Gasteiger partial charge >= 0.3 is 6.61 Å². The summed E-state index contributed by atoms with van der Waals surface area (Å²) in [6.45, 7) is -0.961. The number of halogens is 3. The van der Waals surface area contributed by atoms with Gasteiger partial charge in [0.25, 0.3) is 5.91 Å². The molecule has 1 atom stereocenters. The number of carbonyl (C=O) groups excluding carboxylic acids is 1. The van der Waals surface area contributed by atoms with Crippen molar-refractivity contribution in [1.29, 1.82) is 0 Å². The molecular formula is C12H14BrF2NO2. The summed E-state index contributed by atoms with van der Waals surface area (Å²) in [5.41, 5.74) is 0.415. The molecule has 1 N–H and O–H groups in total. The Morgan fingerprint density at radius 1 is 1.39 bits per heavy atom. The normalized spacial score (nSPS) is 12.3. The summed E-state index contributed by atoms with van der Waals surface area (Å²) < 4.78 is 28.1. The summed E-state index contributed by atoms with van der Waals surface area (Å²) in [5.74, 6) is -0.192. The third-order valence-corrected chi connectivity index (χ3v) is 2.72. The van der Waals surface area contributed by atoms with Crippen LogP contribution in [-0.4, -0.2) is 23.9 Å². The first-order valence-corrected chi connectivity index (χ1v) is 6.56. The zero-order valence-corrected chi connectivity index (χ0v) is 11.4. The van der Waals surface area contributed by atoms with E-state index in [2.05, 4.69) is 26.0 Å². The lowest BCUT2D eigenvalue weighted by Crippen LogP contribution is -2.32. The van der Waals surface area contributed by atoms with Crippen LogP contribution in [-0.2, 0) is 0 Å². The summed E-state index contributed by atoms with van der Waals surface area (Å²) >= 11 is 3.29. The molecule has 6 heteroatoms. The van der Waals surface area contributed by atoms with E-state index in [1.54, 1.807) is 0 Å². The largest absolute Gasteiger partial charge is 0.435 e. The lowest BCUT2D eigenvalue weighted by molar-refractivity contribution is -0.0498. The summed E-state index contributed by atoms with van der Waals surface area (Å²) in [7, 11) is 0. The van der Waals surface area contributed by atoms with Gasteiger partial charge in [0.1, 0.15) is 5.75 Å². The molecule has 0 aliphatic heterocycles. The van der Waals surface area contributed by atoms with Gasteiger partial charge in [0.15, 0.2) is 0 Å². The summed E-state index contributed by atoms with van der Waals surface area (Å²) in [6.07, 6.45) is 0.818. The molecule has 1 amide bonds. The zero-order valence-electron chi connectivity index (χ0n) is 9.83. The number of hydrogen-bond acceptors (Lipinski definition) is 2. The number of ether oxygens (including phenoxy) is 1. The van der Waals surface area contributed by atoms with Crippen LogP contribution in [0.5, 0.6) is 5.75 Å². The van der Waals surface area contributed by atoms with Crippen molar-refractivity contribution in [3.63, 3.8) is 0 Å². The molecule has 0 aliphatic carbocycles. The highest BCUT2D eigenvalue weighted by molar-refractivity contribution is 9.09. The predicted octanol–water partition coefficient (Wildman–Crippen LogP) is 3.19. The SMILES string of the molecule is CC(CCBr)NC(=O)c1ccc(OC(F)F)cc1. The standard InChI is InChI=1S/C12H14BrF2NO2/c1-8(6-7-13)16-11(17)9-2-4-10(5-3-9)18-12(14)15/h2-5,8,12H,6-7H2,1H3,(H,16,17). The van der Waals surface area contributed by atoms with Crippen molar-refractivity contribution in [2.75, 3.05) is 5.33 Å². The van der Waals surface area contributed by atoms with E-state index >= 15 is 0 Å². The second-order valence-electron chi connectivity index (χ2n) is 3.76. The lowest BCUT2D eigenvalue weighted by Gasteiger charge is -2.12. The predicted molar refractivity (Wildman–Crippen MR) is 68.4 cm³/mol. The average molecular weight is 322 g/mol. The second-order valence-corrected chi connectivity index (χ2v) is 4.55. The van der Waals surface area contributed by atoms with Gasteiger partial charge in [-0.3, -0.25) is 4.79 Å². The van der Waals surface area contributed by atoms with Crippen LogP contribution in [0, 0.1) is 0 Å². The monoisotopic (exact) mass is 321 g/mol. The first kappa shape index (κ1) is 14.9. The van der Waals surface area contributed by atoms with E-state index in [0.717, 1.165) is 11.8 Å². The molecule has 3 nitrogen and oxygen atoms in total. The molecule has 0 bridgehead atoms. The Hall–Kier alpha value is -1.17. The van der Waals surface area contributed by atoms with Crippen molar-refractivity contribution in [2.45, 2.75) is 26.0 Å². The maximum Gasteiger partial charge on any atom is 0.387 e. The van der Waals surface area contributed by atoms with Crippen LogP contribution in [0.25, 0.3) is 0 Å². The second kappa shape index (κ2) is 7.31. The summed E-state index contributed by atoms with van der Waals surface area (Å²) in [5, 5.41) is 3.60. The topological polar surface area (TPSA) is 38.3 Å². The third-order valence-electron chi connectivity index (χ3n) is 2.26. The Labute approximate surface area is 113 Å². The van der Waals surface area contributed by atoms with Crippen LogP contribution >= 0.6 is 15.9 Å². The Bertz CT molecular complexity index is 384. The van der Waals surface area contributed by atoms with Gasteiger partial charge in [0.05, 0.1) is 0 Å². The van der Waals surface area contributed by atoms with Gasteiger partial charge in [-0.2, -0.15) is 8.78 Å². The number of benzene rings is 1. The minimum absolute atomic E-state index is 0.0371. The number of rotatable bonds is 6. The Balaban J connectivity index is 2.59. The smallest absolute Gasteiger partial charge is 0.387 e. The van der Waals surface area contributed by atoms with Gasteiger partial charge in [-0.05, 0) is 37.6 Å². The minimum atomic E-state index is -2.86. The van der Waals surface area contributed by atoms with Gasteiger partial charge in [0, 0.05) is 16.9 Å². The van der Waals surface area contributed by atoms with Gasteiger partial charge < -0.3 is 10.1 Å². The molecule has 0 spiro atoms. The van der Waals surface area contributed by atoms with Crippen molar-refractivity contribution >= 4 is 21.8 Å². The molecule has 0 radical (unpaired) electrons. The maximum absolute atomic E-state index is 11.9. The number of carbonyl (C=O) groups is 1. The van der Waals surface area contributed by atoms with Crippen LogP contribution in [0.4, 0.5) is 8.78 Å². The van der Waals surface area contributed by atoms with Crippen molar-refractivity contribution < 1.29 is 18.3 Å². The lowest BCUT2D eigenvalue weighted by atomic mass is 10.2. The van der Waals surface area contributed by atoms with Crippen molar-refractivity contribution in [3.05, 3.63) is 29.8 Å². The fourth-order valence-electron chi connectivity index (χ4n) is 1.33. The van der Waals surface area contributed by atoms with Gasteiger partial charge in [-0.1, -0.05) is 15.9 Å². The van der Waals surface area contributed by atoms with Crippen molar-refractivity contribution in [2.24, 2.45) is 0 Å². The van der Waals surface area contributed by atoms with Crippen LogP contribution in [0.15, 0.2) is 24.3 Å². The van der Waals surface area contributed by atoms with Crippen LogP contribution in [0.2, 0.25) is 0 Å². The van der Waals surface area contributed by atoms with E-state index in [9.17, 15) is 13.6 Å². The number of nitrogens with one attached hydrogen (secondary N) is 1. The molecule has 1 aromatic carbocycles. The first-order valence-electron chi connectivity index (χ1n) is 5.44. The van der Waals surface area contributed by atoms with Crippen LogP contribution < -0.4 is 10.1 Å². The first-order chi connectivity index (χ1) is 8.52. The van der Waals surface area contributed by atoms with Crippen LogP contribution in [0.1, 0.15) is 23.7 Å². The quantitative estimate of drug-likeness (QED) is 0.817. The molecule has 0 heterocycles. The van der Waals surface area contributed by atoms with E-state index in [-0.39, 0.29) is 17.7 Å². The van der Waals surface area contributed by atoms with Gasteiger partial charge in [0.2, 0.25) is 0 Å². The Morgan fingerprint density at radius 2 is 2.00 bits per heavy atom. The molecule has 0 aliphatic rings. The highest BCUT2D eigenvalue weighted by Crippen LogP contribution is 2.15. The molecular weight excluding hydrogens is 308 g/mol. The molecule has 1 aromatic rings. The number of amides is 1. The molecule has 18 heavy (non-hydrogen) atoms. The molecule has 0 saturated heterocycles. The molecule has 0 fully saturated rings. The van der Waals surface area contributed by atoms with Crippen molar-refractivity contribution in [1.82, 2.24) is 5.32 Å². The molecule has 100 valence electrons. The van der Waals surface area contributed by atoms with E-state index in [4.69, 9.17) is 0 Å². The van der Waals surface area contributed by atoms with Gasteiger partial charge in [-0.25, -0.2) is 0 Å². The van der Waals surface area contributed by atoms with E-state index < -0.39 is 6.61 Å². The molecule has 0 aromatic heterocycles. The van der Waals surface area contributed by atoms with E-state index in [0.29, 0.717) is 5.56 Å². The summed E-state index contributed by atoms with van der Waals surface area (Å²) in [4.78, 5) is 11.7. The number of hydrogen-bond donors (Lipinski definition) is 1. The fraction of sp³-hybridized carbons (Fsp3) is 0.417. The Morgan fingerprint density at radius 3 is 2.50 bits per heavy atom. The van der Waals surface area contributed by atoms with E-state index in [1.807, 2.05) is 6.92 Å². The average Bonchev–Trinajstić information content (AvgIpc) is 2.29. The third kappa shape index (κ3) is 5.00. The van der Waals surface area contributed by atoms with Gasteiger partial charge in [-0.15, -0.1) is 0 Å². The summed E-state index contributed by atoms with van der Waals surface area (Å²) in [6, 6.07) is 5.64. The number of alkyl halides is 3. The minimum Gasteiger partial charge on any atom is -0.435 e. The molecule has 0 saturated carbocycles. The highest BCUT2D eigenvalue weighted by Gasteiger charge is 2.10. The molecule has 1 rings (SSSR count). The van der Waals surface area contributed by atoms with E-state index in [1.165, 1.54) is 24.3 Å². The fourth-order valence-corrected chi connectivity index (χ4v) is 2.02. The zero-order chi connectivity index (χ0) is 13.5. The highest BCUT2D eigenvalue weighted by atomic mass is 79.9. The van der Waals surface area contributed by atoms with Crippen LogP contribution in [0.3, 0.4) is 0 Å². The van der Waals surface area contributed by atoms with Crippen molar-refractivity contribution in [3.8, 4) is 5.75 Å². The maximum atomic E-state index is 11.9. The Kier molecular flexibility index (Phi) is 6.04.